The Balaban J connectivity index is 3.11. The number of primary amides is 1. The summed E-state index contributed by atoms with van der Waals surface area (Å²) in [5, 5.41) is 0. The van der Waals surface area contributed by atoms with E-state index in [0.717, 1.165) is 0 Å². The van der Waals surface area contributed by atoms with E-state index in [-0.39, 0.29) is 16.2 Å². The first-order valence-electron chi connectivity index (χ1n) is 4.03. The molecule has 0 aliphatic rings. The van der Waals surface area contributed by atoms with E-state index in [9.17, 15) is 13.2 Å². The van der Waals surface area contributed by atoms with Gasteiger partial charge in [0.1, 0.15) is 5.75 Å². The summed E-state index contributed by atoms with van der Waals surface area (Å²) in [7, 11) is -3.44. The summed E-state index contributed by atoms with van der Waals surface area (Å²) in [6.07, 6.45) is 4.93. The molecule has 1 aromatic rings. The van der Waals surface area contributed by atoms with E-state index < -0.39 is 15.7 Å². The lowest BCUT2D eigenvalue weighted by atomic mass is 10.2. The van der Waals surface area contributed by atoms with E-state index in [4.69, 9.17) is 12.2 Å². The smallest absolute Gasteiger partial charge is 0.248 e. The van der Waals surface area contributed by atoms with Crippen molar-refractivity contribution in [3.05, 3.63) is 29.8 Å². The monoisotopic (exact) mass is 223 g/mol. The number of benzene rings is 1. The van der Waals surface area contributed by atoms with Crippen molar-refractivity contribution in [2.45, 2.75) is 4.90 Å². The van der Waals surface area contributed by atoms with Gasteiger partial charge in [0.15, 0.2) is 9.84 Å². The molecule has 0 fully saturated rings. The molecule has 15 heavy (non-hydrogen) atoms. The molecule has 0 spiro atoms. The maximum absolute atomic E-state index is 11.5. The van der Waals surface area contributed by atoms with Crippen molar-refractivity contribution in [3.8, 4) is 12.3 Å². The van der Waals surface area contributed by atoms with Gasteiger partial charge in [-0.05, 0) is 24.3 Å². The van der Waals surface area contributed by atoms with E-state index in [0.29, 0.717) is 0 Å². The molecule has 0 unspecified atom stereocenters. The molecule has 2 N–H and O–H groups in total. The summed E-state index contributed by atoms with van der Waals surface area (Å²) >= 11 is 0. The summed E-state index contributed by atoms with van der Waals surface area (Å²) in [4.78, 5) is 10.8. The second-order valence-corrected chi connectivity index (χ2v) is 4.84. The molecule has 0 saturated heterocycles. The summed E-state index contributed by atoms with van der Waals surface area (Å²) in [6, 6.07) is 5.33. The number of sulfone groups is 1. The predicted molar refractivity (Wildman–Crippen MR) is 55.8 cm³/mol. The third-order valence-electron chi connectivity index (χ3n) is 1.77. The highest BCUT2D eigenvalue weighted by atomic mass is 32.2. The van der Waals surface area contributed by atoms with Gasteiger partial charge in [0.25, 0.3) is 0 Å². The predicted octanol–water partition coefficient (Wildman–Crippen LogP) is 0.192. The Kier molecular flexibility index (Phi) is 3.12. The van der Waals surface area contributed by atoms with E-state index >= 15 is 0 Å². The van der Waals surface area contributed by atoms with Crippen LogP contribution < -0.4 is 5.73 Å². The van der Waals surface area contributed by atoms with Crippen LogP contribution in [-0.2, 0) is 9.84 Å². The van der Waals surface area contributed by atoms with Crippen molar-refractivity contribution in [2.75, 3.05) is 5.75 Å². The number of amides is 1. The van der Waals surface area contributed by atoms with Gasteiger partial charge in [-0.15, -0.1) is 6.42 Å². The first-order valence-corrected chi connectivity index (χ1v) is 5.68. The maximum atomic E-state index is 11.5. The quantitative estimate of drug-likeness (QED) is 0.743. The molecule has 78 valence electrons. The standard InChI is InChI=1S/C10H9NO3S/c1-2-7-15(13,14)9-5-3-8(4-6-9)10(11)12/h1,3-6H,7H2,(H2,11,12). The van der Waals surface area contributed by atoms with Gasteiger partial charge in [0.2, 0.25) is 5.91 Å². The average Bonchev–Trinajstić information content (AvgIpc) is 2.18. The number of hydrogen-bond donors (Lipinski definition) is 1. The van der Waals surface area contributed by atoms with Crippen LogP contribution in [0.15, 0.2) is 29.2 Å². The molecule has 0 aliphatic heterocycles. The Labute approximate surface area is 88.0 Å². The average molecular weight is 223 g/mol. The second kappa shape index (κ2) is 4.15. The van der Waals surface area contributed by atoms with Crippen molar-refractivity contribution in [1.29, 1.82) is 0 Å². The Bertz CT molecular complexity index is 509. The Morgan fingerprint density at radius 2 is 1.87 bits per heavy atom. The summed E-state index contributed by atoms with van der Waals surface area (Å²) in [6.45, 7) is 0. The van der Waals surface area contributed by atoms with Crippen LogP contribution in [-0.4, -0.2) is 20.1 Å². The Morgan fingerprint density at radius 3 is 2.27 bits per heavy atom. The zero-order valence-corrected chi connectivity index (χ0v) is 8.62. The molecular weight excluding hydrogens is 214 g/mol. The third-order valence-corrected chi connectivity index (χ3v) is 3.31. The number of carbonyl (C=O) groups is 1. The van der Waals surface area contributed by atoms with Gasteiger partial charge in [-0.3, -0.25) is 4.79 Å². The van der Waals surface area contributed by atoms with Gasteiger partial charge in [0.05, 0.1) is 4.90 Å². The Hall–Kier alpha value is -1.80. The van der Waals surface area contributed by atoms with Crippen molar-refractivity contribution >= 4 is 15.7 Å². The van der Waals surface area contributed by atoms with Crippen LogP contribution in [0.2, 0.25) is 0 Å². The molecule has 0 aliphatic carbocycles. The Morgan fingerprint density at radius 1 is 1.33 bits per heavy atom. The van der Waals surface area contributed by atoms with Crippen LogP contribution in [0.25, 0.3) is 0 Å². The molecule has 1 aromatic carbocycles. The molecule has 1 amide bonds. The molecule has 5 heteroatoms. The zero-order chi connectivity index (χ0) is 11.5. The van der Waals surface area contributed by atoms with E-state index in [1.807, 2.05) is 0 Å². The fourth-order valence-corrected chi connectivity index (χ4v) is 1.96. The lowest BCUT2D eigenvalue weighted by molar-refractivity contribution is 0.1000. The number of nitrogens with two attached hydrogens (primary N) is 1. The van der Waals surface area contributed by atoms with Crippen LogP contribution in [0.4, 0.5) is 0 Å². The van der Waals surface area contributed by atoms with Gasteiger partial charge in [-0.25, -0.2) is 8.42 Å². The third kappa shape index (κ3) is 2.58. The van der Waals surface area contributed by atoms with Crippen LogP contribution in [0, 0.1) is 12.3 Å². The van der Waals surface area contributed by atoms with Crippen molar-refractivity contribution in [1.82, 2.24) is 0 Å². The molecule has 0 aromatic heterocycles. The molecule has 1 rings (SSSR count). The van der Waals surface area contributed by atoms with Gasteiger partial charge < -0.3 is 5.73 Å². The van der Waals surface area contributed by atoms with Crippen LogP contribution in [0.5, 0.6) is 0 Å². The minimum Gasteiger partial charge on any atom is -0.366 e. The van der Waals surface area contributed by atoms with Gasteiger partial charge in [0, 0.05) is 5.56 Å². The SMILES string of the molecule is C#CCS(=O)(=O)c1ccc(C(N)=O)cc1. The normalized spacial score (nSPS) is 10.6. The highest BCUT2D eigenvalue weighted by Gasteiger charge is 2.12. The first-order chi connectivity index (χ1) is 6.97. The van der Waals surface area contributed by atoms with E-state index in [1.54, 1.807) is 0 Å². The van der Waals surface area contributed by atoms with Gasteiger partial charge in [-0.1, -0.05) is 5.92 Å². The zero-order valence-electron chi connectivity index (χ0n) is 7.80. The lowest BCUT2D eigenvalue weighted by Gasteiger charge is -2.01. The summed E-state index contributed by atoms with van der Waals surface area (Å²) < 4.78 is 22.9. The summed E-state index contributed by atoms with van der Waals surface area (Å²) in [5.74, 6) is 1.11. The lowest BCUT2D eigenvalue weighted by Crippen LogP contribution is -2.11. The van der Waals surface area contributed by atoms with Crippen LogP contribution in [0.3, 0.4) is 0 Å². The number of carbonyl (C=O) groups excluding carboxylic acids is 1. The molecule has 0 bridgehead atoms. The molecular formula is C10H9NO3S. The number of terminal acetylenes is 1. The topological polar surface area (TPSA) is 77.2 Å². The molecule has 0 atom stereocenters. The number of rotatable bonds is 3. The van der Waals surface area contributed by atoms with E-state index in [1.165, 1.54) is 24.3 Å². The fourth-order valence-electron chi connectivity index (χ4n) is 1.02. The number of hydrogen-bond acceptors (Lipinski definition) is 3. The molecule has 0 saturated carbocycles. The second-order valence-electron chi connectivity index (χ2n) is 2.85. The van der Waals surface area contributed by atoms with Crippen molar-refractivity contribution in [3.63, 3.8) is 0 Å². The van der Waals surface area contributed by atoms with Gasteiger partial charge >= 0.3 is 0 Å². The fraction of sp³-hybridized carbons (Fsp3) is 0.100. The summed E-state index contributed by atoms with van der Waals surface area (Å²) in [5.41, 5.74) is 5.27. The van der Waals surface area contributed by atoms with E-state index in [2.05, 4.69) is 5.92 Å². The van der Waals surface area contributed by atoms with Crippen molar-refractivity contribution < 1.29 is 13.2 Å². The van der Waals surface area contributed by atoms with Gasteiger partial charge in [-0.2, -0.15) is 0 Å². The minimum atomic E-state index is -3.44. The first kappa shape index (κ1) is 11.3. The highest BCUT2D eigenvalue weighted by Crippen LogP contribution is 2.11. The molecule has 4 nitrogen and oxygen atoms in total. The maximum Gasteiger partial charge on any atom is 0.248 e. The van der Waals surface area contributed by atoms with Crippen molar-refractivity contribution in [2.24, 2.45) is 5.73 Å². The largest absolute Gasteiger partial charge is 0.366 e. The molecule has 0 radical (unpaired) electrons. The highest BCUT2D eigenvalue weighted by molar-refractivity contribution is 7.91. The van der Waals surface area contributed by atoms with Crippen LogP contribution in [0.1, 0.15) is 10.4 Å². The van der Waals surface area contributed by atoms with Crippen LogP contribution >= 0.6 is 0 Å². The molecule has 0 heterocycles. The minimum absolute atomic E-state index is 0.0884.